The van der Waals surface area contributed by atoms with Gasteiger partial charge in [0.15, 0.2) is 6.10 Å². The summed E-state index contributed by atoms with van der Waals surface area (Å²) in [5.74, 6) is -0.834. The van der Waals surface area contributed by atoms with Gasteiger partial charge in [0.1, 0.15) is 6.61 Å². The average molecular weight is 828 g/mol. The summed E-state index contributed by atoms with van der Waals surface area (Å²) in [4.78, 5) is 34.9. The third kappa shape index (κ3) is 43.9. The number of unbranched alkanes of at least 4 members (excludes halogenated alkanes) is 28. The first kappa shape index (κ1) is 55.5. The van der Waals surface area contributed by atoms with Crippen molar-refractivity contribution in [1.29, 1.82) is 0 Å². The van der Waals surface area contributed by atoms with E-state index < -0.39 is 26.5 Å². The highest BCUT2D eigenvalue weighted by molar-refractivity contribution is 7.47. The molecule has 0 bridgehead atoms. The number of carbonyl (C=O) groups excluding carboxylic acids is 2. The highest BCUT2D eigenvalue weighted by Crippen LogP contribution is 2.43. The molecule has 0 amide bonds. The zero-order valence-corrected chi connectivity index (χ0v) is 38.0. The number of esters is 2. The molecule has 0 rings (SSSR count). The van der Waals surface area contributed by atoms with E-state index in [0.29, 0.717) is 6.42 Å². The van der Waals surface area contributed by atoms with E-state index in [9.17, 15) is 19.0 Å². The van der Waals surface area contributed by atoms with Gasteiger partial charge in [-0.2, -0.15) is 0 Å². The van der Waals surface area contributed by atoms with Crippen molar-refractivity contribution >= 4 is 19.8 Å². The van der Waals surface area contributed by atoms with Gasteiger partial charge in [-0.05, 0) is 44.9 Å². The van der Waals surface area contributed by atoms with Crippen LogP contribution >= 0.6 is 7.82 Å². The molecule has 0 aliphatic heterocycles. The lowest BCUT2D eigenvalue weighted by molar-refractivity contribution is -0.161. The topological polar surface area (TPSA) is 134 Å². The fourth-order valence-corrected chi connectivity index (χ4v) is 7.55. The third-order valence-corrected chi connectivity index (χ3v) is 11.3. The van der Waals surface area contributed by atoms with Gasteiger partial charge in [-0.15, -0.1) is 0 Å². The highest BCUT2D eigenvalue weighted by atomic mass is 31.2. The number of nitrogens with two attached hydrogens (primary N) is 1. The van der Waals surface area contributed by atoms with Crippen LogP contribution in [-0.2, 0) is 32.7 Å². The summed E-state index contributed by atoms with van der Waals surface area (Å²) in [7, 11) is -4.38. The Labute approximate surface area is 351 Å². The van der Waals surface area contributed by atoms with E-state index in [4.69, 9.17) is 24.3 Å². The Balaban J connectivity index is 4.05. The van der Waals surface area contributed by atoms with Crippen LogP contribution in [0.5, 0.6) is 0 Å². The summed E-state index contributed by atoms with van der Waals surface area (Å²) in [5, 5.41) is 0. The molecule has 0 aliphatic carbocycles. The number of carbonyl (C=O) groups is 2. The van der Waals surface area contributed by atoms with Crippen LogP contribution in [-0.4, -0.2) is 49.3 Å². The van der Waals surface area contributed by atoms with E-state index in [1.165, 1.54) is 141 Å². The number of hydrogen-bond donors (Lipinski definition) is 2. The molecule has 3 N–H and O–H groups in total. The maximum atomic E-state index is 12.6. The van der Waals surface area contributed by atoms with Crippen LogP contribution in [0, 0.1) is 0 Å². The summed E-state index contributed by atoms with van der Waals surface area (Å²) in [6.45, 7) is 3.72. The molecule has 0 saturated heterocycles. The van der Waals surface area contributed by atoms with Crippen LogP contribution in [0.15, 0.2) is 24.3 Å². The van der Waals surface area contributed by atoms with Gasteiger partial charge in [0.2, 0.25) is 0 Å². The van der Waals surface area contributed by atoms with E-state index in [2.05, 4.69) is 38.2 Å². The van der Waals surface area contributed by atoms with Gasteiger partial charge in [-0.25, -0.2) is 4.57 Å². The Morgan fingerprint density at radius 3 is 1.37 bits per heavy atom. The molecule has 336 valence electrons. The lowest BCUT2D eigenvalue weighted by atomic mass is 10.0. The van der Waals surface area contributed by atoms with Crippen LogP contribution < -0.4 is 5.73 Å². The second-order valence-corrected chi connectivity index (χ2v) is 17.4. The van der Waals surface area contributed by atoms with E-state index in [1.807, 2.05) is 0 Å². The van der Waals surface area contributed by atoms with Crippen LogP contribution in [0.25, 0.3) is 0 Å². The van der Waals surface area contributed by atoms with Crippen molar-refractivity contribution in [1.82, 2.24) is 0 Å². The first-order valence-electron chi connectivity index (χ1n) is 23.8. The standard InChI is InChI=1S/C47H90NO8P/c1-3-5-7-9-11-13-15-17-19-20-21-22-23-24-26-27-29-31-33-35-37-39-46(49)53-43-45(44-55-57(51,52)54-42-41-48)56-47(50)40-38-36-34-32-30-28-25-18-16-14-12-10-8-6-4-2/h12,14,18,25,45H,3-11,13,15-17,19-24,26-44,48H2,1-2H3,(H,51,52)/b14-12-,25-18-. The third-order valence-electron chi connectivity index (χ3n) is 10.3. The van der Waals surface area contributed by atoms with Crippen molar-refractivity contribution in [2.24, 2.45) is 5.73 Å². The Morgan fingerprint density at radius 2 is 0.912 bits per heavy atom. The van der Waals surface area contributed by atoms with E-state index in [-0.39, 0.29) is 38.6 Å². The number of hydrogen-bond acceptors (Lipinski definition) is 8. The van der Waals surface area contributed by atoms with Gasteiger partial charge in [-0.1, -0.05) is 199 Å². The average Bonchev–Trinajstić information content (AvgIpc) is 3.20. The normalized spacial score (nSPS) is 13.4. The molecule has 0 spiro atoms. The molecule has 10 heteroatoms. The van der Waals surface area contributed by atoms with Gasteiger partial charge in [0.25, 0.3) is 0 Å². The lowest BCUT2D eigenvalue weighted by Crippen LogP contribution is -2.29. The number of rotatable bonds is 45. The first-order chi connectivity index (χ1) is 27.8. The SMILES string of the molecule is CCCCC/C=C\C/C=C\CCCCCCCC(=O)OC(COC(=O)CCCCCCCCCCCCCCCCCCCCCCC)COP(=O)(O)OCCN. The maximum absolute atomic E-state index is 12.6. The van der Waals surface area contributed by atoms with Crippen LogP contribution in [0.4, 0.5) is 0 Å². The summed E-state index contributed by atoms with van der Waals surface area (Å²) < 4.78 is 32.8. The first-order valence-corrected chi connectivity index (χ1v) is 25.3. The molecule has 0 heterocycles. The van der Waals surface area contributed by atoms with E-state index in [1.54, 1.807) is 0 Å². The summed E-state index contributed by atoms with van der Waals surface area (Å²) in [6, 6.07) is 0. The number of phosphoric ester groups is 1. The molecule has 0 aromatic heterocycles. The van der Waals surface area contributed by atoms with Gasteiger partial charge in [0, 0.05) is 19.4 Å². The number of allylic oxidation sites excluding steroid dienone is 4. The quantitative estimate of drug-likeness (QED) is 0.0266. The van der Waals surface area contributed by atoms with Crippen molar-refractivity contribution < 1.29 is 37.6 Å². The van der Waals surface area contributed by atoms with E-state index >= 15 is 0 Å². The molecule has 9 nitrogen and oxygen atoms in total. The highest BCUT2D eigenvalue weighted by Gasteiger charge is 2.26. The van der Waals surface area contributed by atoms with Gasteiger partial charge in [-0.3, -0.25) is 18.6 Å². The molecule has 0 fully saturated rings. The molecule has 0 aliphatic rings. The van der Waals surface area contributed by atoms with Gasteiger partial charge >= 0.3 is 19.8 Å². The van der Waals surface area contributed by atoms with Crippen LogP contribution in [0.3, 0.4) is 0 Å². The zero-order chi connectivity index (χ0) is 41.8. The molecular formula is C47H90NO8P. The number of ether oxygens (including phenoxy) is 2. The molecule has 0 aromatic carbocycles. The monoisotopic (exact) mass is 828 g/mol. The van der Waals surface area contributed by atoms with E-state index in [0.717, 1.165) is 57.8 Å². The Hall–Kier alpha value is -1.51. The van der Waals surface area contributed by atoms with Crippen molar-refractivity contribution in [3.05, 3.63) is 24.3 Å². The maximum Gasteiger partial charge on any atom is 0.472 e. The fourth-order valence-electron chi connectivity index (χ4n) is 6.78. The minimum absolute atomic E-state index is 0.0526. The Morgan fingerprint density at radius 1 is 0.526 bits per heavy atom. The minimum Gasteiger partial charge on any atom is -0.462 e. The fraction of sp³-hybridized carbons (Fsp3) is 0.872. The Kier molecular flexibility index (Phi) is 42.9. The molecule has 2 atom stereocenters. The smallest absolute Gasteiger partial charge is 0.462 e. The Bertz CT molecular complexity index is 990. The summed E-state index contributed by atoms with van der Waals surface area (Å²) in [6.07, 6.45) is 47.8. The lowest BCUT2D eigenvalue weighted by Gasteiger charge is -2.19. The molecule has 0 aromatic rings. The van der Waals surface area contributed by atoms with Gasteiger partial charge in [0.05, 0.1) is 13.2 Å². The summed E-state index contributed by atoms with van der Waals surface area (Å²) >= 11 is 0. The molecular weight excluding hydrogens is 737 g/mol. The van der Waals surface area contributed by atoms with Crippen LogP contribution in [0.2, 0.25) is 0 Å². The minimum atomic E-state index is -4.38. The predicted octanol–water partition coefficient (Wildman–Crippen LogP) is 13.9. The predicted molar refractivity (Wildman–Crippen MR) is 238 cm³/mol. The van der Waals surface area contributed by atoms with Crippen molar-refractivity contribution in [2.45, 2.75) is 238 Å². The zero-order valence-electron chi connectivity index (χ0n) is 37.1. The largest absolute Gasteiger partial charge is 0.472 e. The molecule has 0 radical (unpaired) electrons. The van der Waals surface area contributed by atoms with Gasteiger partial charge < -0.3 is 20.1 Å². The number of phosphoric acid groups is 1. The van der Waals surface area contributed by atoms with Crippen LogP contribution in [0.1, 0.15) is 232 Å². The molecule has 57 heavy (non-hydrogen) atoms. The molecule has 2 unspecified atom stereocenters. The second-order valence-electron chi connectivity index (χ2n) is 16.0. The summed E-state index contributed by atoms with van der Waals surface area (Å²) in [5.41, 5.74) is 5.35. The molecule has 0 saturated carbocycles. The van der Waals surface area contributed by atoms with Crippen molar-refractivity contribution in [3.8, 4) is 0 Å². The van der Waals surface area contributed by atoms with Crippen molar-refractivity contribution in [2.75, 3.05) is 26.4 Å². The van der Waals surface area contributed by atoms with Crippen molar-refractivity contribution in [3.63, 3.8) is 0 Å². The second kappa shape index (κ2) is 44.1.